The molecule has 1 aliphatic rings. The highest BCUT2D eigenvalue weighted by molar-refractivity contribution is 6.42. The van der Waals surface area contributed by atoms with Crippen molar-refractivity contribution in [2.75, 3.05) is 18.4 Å². The number of carbonyl (C=O) groups is 1. The maximum atomic E-state index is 12.5. The Balaban J connectivity index is 0.00000243. The van der Waals surface area contributed by atoms with E-state index in [-0.39, 0.29) is 13.5 Å². The predicted octanol–water partition coefficient (Wildman–Crippen LogP) is 4.72. The molecule has 2 amide bonds. The van der Waals surface area contributed by atoms with Crippen LogP contribution in [0.2, 0.25) is 10.0 Å². The standard InChI is InChI=1S/C18H20Cl2N4O.CH4/c1-2-21-17-8-14-11-24(6-5-13(14)10-22-17)18(25)23-9-12-3-4-15(19)16(20)7-12;/h3-4,7-8,10H,2,5-6,9,11H2,1H3,(H,21,22)(H,23,25);1H4. The lowest BCUT2D eigenvalue weighted by Crippen LogP contribution is -2.42. The third-order valence-corrected chi connectivity index (χ3v) is 4.91. The summed E-state index contributed by atoms with van der Waals surface area (Å²) >= 11 is 11.9. The van der Waals surface area contributed by atoms with Crippen molar-refractivity contribution in [3.05, 3.63) is 57.2 Å². The summed E-state index contributed by atoms with van der Waals surface area (Å²) in [6.07, 6.45) is 2.72. The summed E-state index contributed by atoms with van der Waals surface area (Å²) < 4.78 is 0. The highest BCUT2D eigenvalue weighted by atomic mass is 35.5. The number of hydrogen-bond acceptors (Lipinski definition) is 3. The number of benzene rings is 1. The Morgan fingerprint density at radius 2 is 2.04 bits per heavy atom. The lowest BCUT2D eigenvalue weighted by Gasteiger charge is -2.29. The number of hydrogen-bond donors (Lipinski definition) is 2. The Labute approximate surface area is 164 Å². The zero-order chi connectivity index (χ0) is 17.8. The molecule has 0 spiro atoms. The Morgan fingerprint density at radius 3 is 2.77 bits per heavy atom. The number of amides is 2. The van der Waals surface area contributed by atoms with Crippen molar-refractivity contribution in [3.8, 4) is 0 Å². The summed E-state index contributed by atoms with van der Waals surface area (Å²) in [4.78, 5) is 18.7. The van der Waals surface area contributed by atoms with Gasteiger partial charge in [0, 0.05) is 32.4 Å². The molecule has 1 aromatic carbocycles. The van der Waals surface area contributed by atoms with Crippen molar-refractivity contribution in [3.63, 3.8) is 0 Å². The summed E-state index contributed by atoms with van der Waals surface area (Å²) in [7, 11) is 0. The Kier molecular flexibility index (Phi) is 7.12. The Morgan fingerprint density at radius 1 is 1.23 bits per heavy atom. The number of anilines is 1. The SMILES string of the molecule is C.CCNc1cc2c(cn1)CCN(C(=O)NCc1ccc(Cl)c(Cl)c1)C2. The van der Waals surface area contributed by atoms with Gasteiger partial charge in [0.1, 0.15) is 5.82 Å². The zero-order valence-electron chi connectivity index (χ0n) is 14.0. The van der Waals surface area contributed by atoms with Gasteiger partial charge in [-0.05, 0) is 48.2 Å². The number of pyridine rings is 1. The van der Waals surface area contributed by atoms with Gasteiger partial charge in [-0.15, -0.1) is 0 Å². The molecule has 1 aliphatic heterocycles. The van der Waals surface area contributed by atoms with E-state index in [9.17, 15) is 4.79 Å². The molecule has 26 heavy (non-hydrogen) atoms. The molecule has 7 heteroatoms. The first kappa shape index (κ1) is 20.3. The number of halogens is 2. The molecule has 0 fully saturated rings. The van der Waals surface area contributed by atoms with Gasteiger partial charge in [-0.3, -0.25) is 0 Å². The monoisotopic (exact) mass is 394 g/mol. The second kappa shape index (κ2) is 9.10. The number of rotatable bonds is 4. The molecule has 0 bridgehead atoms. The first-order chi connectivity index (χ1) is 12.1. The van der Waals surface area contributed by atoms with Crippen LogP contribution in [0.15, 0.2) is 30.5 Å². The van der Waals surface area contributed by atoms with Crippen molar-refractivity contribution in [1.82, 2.24) is 15.2 Å². The van der Waals surface area contributed by atoms with E-state index in [4.69, 9.17) is 23.2 Å². The summed E-state index contributed by atoms with van der Waals surface area (Å²) in [6.45, 7) is 4.54. The molecule has 0 atom stereocenters. The van der Waals surface area contributed by atoms with Crippen molar-refractivity contribution >= 4 is 35.1 Å². The van der Waals surface area contributed by atoms with Crippen LogP contribution in [0.1, 0.15) is 31.0 Å². The molecule has 1 aromatic heterocycles. The predicted molar refractivity (Wildman–Crippen MR) is 108 cm³/mol. The number of nitrogens with zero attached hydrogens (tertiary/aromatic N) is 2. The second-order valence-electron chi connectivity index (χ2n) is 5.95. The van der Waals surface area contributed by atoms with Crippen LogP contribution in [0.25, 0.3) is 0 Å². The van der Waals surface area contributed by atoms with E-state index in [1.807, 2.05) is 30.2 Å². The van der Waals surface area contributed by atoms with Crippen LogP contribution in [0, 0.1) is 0 Å². The topological polar surface area (TPSA) is 57.3 Å². The molecular formula is C19H24Cl2N4O. The second-order valence-corrected chi connectivity index (χ2v) is 6.76. The Hall–Kier alpha value is -1.98. The van der Waals surface area contributed by atoms with Crippen molar-refractivity contribution in [2.45, 2.75) is 33.9 Å². The van der Waals surface area contributed by atoms with E-state index in [0.717, 1.165) is 29.9 Å². The van der Waals surface area contributed by atoms with Gasteiger partial charge in [0.05, 0.1) is 10.0 Å². The minimum Gasteiger partial charge on any atom is -0.370 e. The van der Waals surface area contributed by atoms with Gasteiger partial charge < -0.3 is 15.5 Å². The van der Waals surface area contributed by atoms with Gasteiger partial charge >= 0.3 is 6.03 Å². The lowest BCUT2D eigenvalue weighted by molar-refractivity contribution is 0.192. The van der Waals surface area contributed by atoms with Crippen LogP contribution in [0.3, 0.4) is 0 Å². The summed E-state index contributed by atoms with van der Waals surface area (Å²) in [5.41, 5.74) is 3.26. The van der Waals surface area contributed by atoms with Gasteiger partial charge in [0.15, 0.2) is 0 Å². The zero-order valence-corrected chi connectivity index (χ0v) is 15.5. The van der Waals surface area contributed by atoms with Gasteiger partial charge in [-0.25, -0.2) is 9.78 Å². The van der Waals surface area contributed by atoms with E-state index in [0.29, 0.717) is 29.7 Å². The van der Waals surface area contributed by atoms with E-state index < -0.39 is 0 Å². The smallest absolute Gasteiger partial charge is 0.317 e. The maximum absolute atomic E-state index is 12.5. The molecule has 0 aliphatic carbocycles. The fourth-order valence-electron chi connectivity index (χ4n) is 2.83. The molecule has 0 saturated carbocycles. The van der Waals surface area contributed by atoms with E-state index >= 15 is 0 Å². The summed E-state index contributed by atoms with van der Waals surface area (Å²) in [6, 6.07) is 7.30. The third kappa shape index (κ3) is 4.80. The van der Waals surface area contributed by atoms with E-state index in [1.54, 1.807) is 12.1 Å². The van der Waals surface area contributed by atoms with Crippen LogP contribution in [0.5, 0.6) is 0 Å². The molecule has 0 radical (unpaired) electrons. The third-order valence-electron chi connectivity index (χ3n) is 4.17. The van der Waals surface area contributed by atoms with Gasteiger partial charge in [0.2, 0.25) is 0 Å². The molecule has 0 unspecified atom stereocenters. The van der Waals surface area contributed by atoms with Crippen molar-refractivity contribution in [1.29, 1.82) is 0 Å². The van der Waals surface area contributed by atoms with Gasteiger partial charge in [-0.2, -0.15) is 0 Å². The first-order valence-electron chi connectivity index (χ1n) is 8.25. The van der Waals surface area contributed by atoms with E-state index in [1.165, 1.54) is 5.56 Å². The van der Waals surface area contributed by atoms with Crippen LogP contribution in [-0.2, 0) is 19.5 Å². The summed E-state index contributed by atoms with van der Waals surface area (Å²) in [5.74, 6) is 0.847. The molecule has 0 saturated heterocycles. The minimum atomic E-state index is -0.0847. The number of carbonyl (C=O) groups excluding carboxylic acids is 1. The largest absolute Gasteiger partial charge is 0.370 e. The number of nitrogens with one attached hydrogen (secondary N) is 2. The first-order valence-corrected chi connectivity index (χ1v) is 9.00. The quantitative estimate of drug-likeness (QED) is 0.787. The highest BCUT2D eigenvalue weighted by Gasteiger charge is 2.21. The fourth-order valence-corrected chi connectivity index (χ4v) is 3.15. The number of aromatic nitrogens is 1. The van der Waals surface area contributed by atoms with Crippen LogP contribution >= 0.6 is 23.2 Å². The minimum absolute atomic E-state index is 0. The van der Waals surface area contributed by atoms with Crippen LogP contribution in [-0.4, -0.2) is 29.0 Å². The van der Waals surface area contributed by atoms with Crippen LogP contribution < -0.4 is 10.6 Å². The van der Waals surface area contributed by atoms with E-state index in [2.05, 4.69) is 15.6 Å². The van der Waals surface area contributed by atoms with Crippen molar-refractivity contribution in [2.24, 2.45) is 0 Å². The lowest BCUT2D eigenvalue weighted by atomic mass is 10.0. The molecule has 2 aromatic rings. The molecule has 2 heterocycles. The average molecular weight is 395 g/mol. The molecular weight excluding hydrogens is 371 g/mol. The maximum Gasteiger partial charge on any atom is 0.317 e. The van der Waals surface area contributed by atoms with Crippen LogP contribution in [0.4, 0.5) is 10.6 Å². The van der Waals surface area contributed by atoms with Gasteiger partial charge in [-0.1, -0.05) is 36.7 Å². The van der Waals surface area contributed by atoms with Gasteiger partial charge in [0.25, 0.3) is 0 Å². The normalized spacial score (nSPS) is 12.8. The summed E-state index contributed by atoms with van der Waals surface area (Å²) in [5, 5.41) is 7.14. The molecule has 5 nitrogen and oxygen atoms in total. The van der Waals surface area contributed by atoms with Crippen molar-refractivity contribution < 1.29 is 4.79 Å². The molecule has 2 N–H and O–H groups in total. The highest BCUT2D eigenvalue weighted by Crippen LogP contribution is 2.23. The average Bonchev–Trinajstić information content (AvgIpc) is 2.62. The number of fused-ring (bicyclic) bond motifs is 1. The molecule has 3 rings (SSSR count). The fraction of sp³-hybridized carbons (Fsp3) is 0.368. The molecule has 140 valence electrons. The number of urea groups is 1. The Bertz CT molecular complexity index is 782.